The highest BCUT2D eigenvalue weighted by molar-refractivity contribution is 4.85. The van der Waals surface area contributed by atoms with Crippen molar-refractivity contribution < 1.29 is 0 Å². The molecule has 3 nitrogen and oxygen atoms in total. The van der Waals surface area contributed by atoms with Crippen LogP contribution in [0.1, 0.15) is 46.0 Å². The van der Waals surface area contributed by atoms with E-state index < -0.39 is 0 Å². The van der Waals surface area contributed by atoms with Gasteiger partial charge in [0.25, 0.3) is 0 Å². The summed E-state index contributed by atoms with van der Waals surface area (Å²) in [4.78, 5) is 5.41. The van der Waals surface area contributed by atoms with Gasteiger partial charge in [0.15, 0.2) is 0 Å². The quantitative estimate of drug-likeness (QED) is 0.812. The maximum Gasteiger partial charge on any atom is 0.0223 e. The highest BCUT2D eigenvalue weighted by Crippen LogP contribution is 2.23. The maximum absolute atomic E-state index is 5.80. The summed E-state index contributed by atoms with van der Waals surface area (Å²) >= 11 is 0. The molecule has 106 valence electrons. The third-order valence-corrected chi connectivity index (χ3v) is 4.77. The lowest BCUT2D eigenvalue weighted by Gasteiger charge is -2.27. The molecule has 2 aliphatic rings. The molecule has 2 saturated heterocycles. The van der Waals surface area contributed by atoms with Crippen LogP contribution in [-0.2, 0) is 0 Å². The molecule has 0 radical (unpaired) electrons. The van der Waals surface area contributed by atoms with Gasteiger partial charge < -0.3 is 10.6 Å². The van der Waals surface area contributed by atoms with Crippen LogP contribution in [0.5, 0.6) is 0 Å². The molecule has 0 amide bonds. The first kappa shape index (κ1) is 14.3. The zero-order chi connectivity index (χ0) is 13.0. The van der Waals surface area contributed by atoms with Crippen LogP contribution in [0.15, 0.2) is 0 Å². The minimum absolute atomic E-state index is 0.325. The van der Waals surface area contributed by atoms with Gasteiger partial charge in [-0.15, -0.1) is 0 Å². The highest BCUT2D eigenvalue weighted by Gasteiger charge is 2.28. The van der Waals surface area contributed by atoms with Crippen molar-refractivity contribution in [1.29, 1.82) is 0 Å². The Bertz CT molecular complexity index is 252. The Labute approximate surface area is 113 Å². The maximum atomic E-state index is 5.80. The largest absolute Gasteiger partial charge is 0.330 e. The summed E-state index contributed by atoms with van der Waals surface area (Å²) in [6, 6.07) is 0.856. The van der Waals surface area contributed by atoms with E-state index in [2.05, 4.69) is 23.6 Å². The molecular formula is C15H31N3. The van der Waals surface area contributed by atoms with Gasteiger partial charge in [0.2, 0.25) is 0 Å². The average Bonchev–Trinajstić information content (AvgIpc) is 2.68. The molecule has 0 aromatic carbocycles. The van der Waals surface area contributed by atoms with Gasteiger partial charge in [-0.3, -0.25) is 4.90 Å². The first-order valence-corrected chi connectivity index (χ1v) is 7.77. The van der Waals surface area contributed by atoms with Crippen LogP contribution in [0.4, 0.5) is 0 Å². The number of nitrogens with zero attached hydrogens (tertiary/aromatic N) is 2. The lowest BCUT2D eigenvalue weighted by atomic mass is 9.88. The summed E-state index contributed by atoms with van der Waals surface area (Å²) in [5.74, 6) is 0. The van der Waals surface area contributed by atoms with Crippen molar-refractivity contribution in [1.82, 2.24) is 9.80 Å². The SMILES string of the molecule is CC(C)(CN)CCCN1CCCN2CCCC2C1. The molecule has 0 aromatic rings. The van der Waals surface area contributed by atoms with Crippen LogP contribution >= 0.6 is 0 Å². The smallest absolute Gasteiger partial charge is 0.0223 e. The van der Waals surface area contributed by atoms with E-state index in [1.165, 1.54) is 64.8 Å². The standard InChI is InChI=1S/C15H31N3/c1-15(2,13-16)7-4-8-17-9-5-11-18-10-3-6-14(18)12-17/h14H,3-13,16H2,1-2H3. The predicted molar refractivity (Wildman–Crippen MR) is 77.7 cm³/mol. The number of rotatable bonds is 5. The van der Waals surface area contributed by atoms with E-state index in [4.69, 9.17) is 5.73 Å². The van der Waals surface area contributed by atoms with Gasteiger partial charge >= 0.3 is 0 Å². The molecule has 0 aliphatic carbocycles. The second-order valence-corrected chi connectivity index (χ2v) is 6.96. The van der Waals surface area contributed by atoms with Crippen LogP contribution in [0, 0.1) is 5.41 Å². The fourth-order valence-corrected chi connectivity index (χ4v) is 3.37. The molecule has 0 aromatic heterocycles. The van der Waals surface area contributed by atoms with Gasteiger partial charge in [0, 0.05) is 12.6 Å². The monoisotopic (exact) mass is 253 g/mol. The van der Waals surface area contributed by atoms with Gasteiger partial charge in [0.05, 0.1) is 0 Å². The van der Waals surface area contributed by atoms with Gasteiger partial charge in [-0.1, -0.05) is 13.8 Å². The van der Waals surface area contributed by atoms with Crippen LogP contribution in [0.2, 0.25) is 0 Å². The Morgan fingerprint density at radius 1 is 1.17 bits per heavy atom. The number of nitrogens with two attached hydrogens (primary N) is 1. The third-order valence-electron chi connectivity index (χ3n) is 4.77. The molecule has 2 N–H and O–H groups in total. The van der Waals surface area contributed by atoms with E-state index in [1.807, 2.05) is 0 Å². The second-order valence-electron chi connectivity index (χ2n) is 6.96. The summed E-state index contributed by atoms with van der Waals surface area (Å²) in [6.45, 7) is 11.9. The van der Waals surface area contributed by atoms with Crippen molar-refractivity contribution in [3.63, 3.8) is 0 Å². The summed E-state index contributed by atoms with van der Waals surface area (Å²) in [7, 11) is 0. The molecule has 1 atom stereocenters. The van der Waals surface area contributed by atoms with Crippen molar-refractivity contribution >= 4 is 0 Å². The normalized spacial score (nSPS) is 27.2. The molecule has 1 unspecified atom stereocenters. The Kier molecular flexibility index (Phi) is 5.05. The van der Waals surface area contributed by atoms with Crippen molar-refractivity contribution in [2.24, 2.45) is 11.1 Å². The molecule has 2 rings (SSSR count). The summed E-state index contributed by atoms with van der Waals surface area (Å²) in [5, 5.41) is 0. The van der Waals surface area contributed by atoms with Crippen molar-refractivity contribution in [3.05, 3.63) is 0 Å². The van der Waals surface area contributed by atoms with E-state index in [0.717, 1.165) is 12.6 Å². The van der Waals surface area contributed by atoms with Crippen molar-refractivity contribution in [3.8, 4) is 0 Å². The third kappa shape index (κ3) is 3.94. The summed E-state index contributed by atoms with van der Waals surface area (Å²) < 4.78 is 0. The first-order chi connectivity index (χ1) is 8.61. The lowest BCUT2D eigenvalue weighted by Crippen LogP contribution is -2.37. The lowest BCUT2D eigenvalue weighted by molar-refractivity contribution is 0.209. The van der Waals surface area contributed by atoms with Crippen LogP contribution < -0.4 is 5.73 Å². The molecule has 0 spiro atoms. The molecule has 2 heterocycles. The van der Waals surface area contributed by atoms with Crippen molar-refractivity contribution in [2.45, 2.75) is 52.0 Å². The molecule has 3 heteroatoms. The molecule has 2 fully saturated rings. The van der Waals surface area contributed by atoms with Gasteiger partial charge in [-0.05, 0) is 70.2 Å². The fraction of sp³-hybridized carbons (Fsp3) is 1.00. The van der Waals surface area contributed by atoms with E-state index in [0.29, 0.717) is 5.41 Å². The summed E-state index contributed by atoms with van der Waals surface area (Å²) in [5.41, 5.74) is 6.12. The molecule has 18 heavy (non-hydrogen) atoms. The first-order valence-electron chi connectivity index (χ1n) is 7.77. The summed E-state index contributed by atoms with van der Waals surface area (Å²) in [6.07, 6.45) is 6.76. The minimum atomic E-state index is 0.325. The second kappa shape index (κ2) is 6.36. The zero-order valence-corrected chi connectivity index (χ0v) is 12.3. The van der Waals surface area contributed by atoms with E-state index >= 15 is 0 Å². The van der Waals surface area contributed by atoms with Crippen molar-refractivity contribution in [2.75, 3.05) is 39.3 Å². The number of fused-ring (bicyclic) bond motifs is 1. The average molecular weight is 253 g/mol. The molecule has 0 saturated carbocycles. The van der Waals surface area contributed by atoms with Crippen LogP contribution in [0.3, 0.4) is 0 Å². The Morgan fingerprint density at radius 2 is 1.94 bits per heavy atom. The fourth-order valence-electron chi connectivity index (χ4n) is 3.37. The Morgan fingerprint density at radius 3 is 2.72 bits per heavy atom. The van der Waals surface area contributed by atoms with E-state index in [-0.39, 0.29) is 0 Å². The van der Waals surface area contributed by atoms with E-state index in [9.17, 15) is 0 Å². The number of hydrogen-bond donors (Lipinski definition) is 1. The number of hydrogen-bond acceptors (Lipinski definition) is 3. The van der Waals surface area contributed by atoms with Gasteiger partial charge in [0.1, 0.15) is 0 Å². The van der Waals surface area contributed by atoms with Crippen LogP contribution in [-0.4, -0.2) is 55.1 Å². The molecule has 0 bridgehead atoms. The topological polar surface area (TPSA) is 32.5 Å². The van der Waals surface area contributed by atoms with Crippen LogP contribution in [0.25, 0.3) is 0 Å². The molecule has 2 aliphatic heterocycles. The van der Waals surface area contributed by atoms with E-state index in [1.54, 1.807) is 0 Å². The minimum Gasteiger partial charge on any atom is -0.330 e. The van der Waals surface area contributed by atoms with Gasteiger partial charge in [-0.2, -0.15) is 0 Å². The predicted octanol–water partition coefficient (Wildman–Crippen LogP) is 1.92. The van der Waals surface area contributed by atoms with Gasteiger partial charge in [-0.25, -0.2) is 0 Å². The molecular weight excluding hydrogens is 222 g/mol. The Hall–Kier alpha value is -0.120. The highest BCUT2D eigenvalue weighted by atomic mass is 15.3. The zero-order valence-electron chi connectivity index (χ0n) is 12.3. The Balaban J connectivity index is 1.72.